The van der Waals surface area contributed by atoms with Crippen LogP contribution >= 0.6 is 0 Å². The molecule has 0 rings (SSSR count). The molecule has 0 aliphatic carbocycles. The fraction of sp³-hybridized carbons (Fsp3) is 0.800. The predicted molar refractivity (Wildman–Crippen MR) is 57.3 cm³/mol. The zero-order valence-corrected chi connectivity index (χ0v) is 9.50. The van der Waals surface area contributed by atoms with Gasteiger partial charge in [-0.3, -0.25) is 0 Å². The van der Waals surface area contributed by atoms with E-state index in [1.54, 1.807) is 13.8 Å². The summed E-state index contributed by atoms with van der Waals surface area (Å²) >= 11 is 0. The van der Waals surface area contributed by atoms with Gasteiger partial charge in [0.15, 0.2) is 0 Å². The van der Waals surface area contributed by atoms with Crippen LogP contribution in [0.5, 0.6) is 0 Å². The quantitative estimate of drug-likeness (QED) is 0.400. The van der Waals surface area contributed by atoms with Crippen LogP contribution in [-0.2, 0) is 0 Å². The Morgan fingerprint density at radius 3 is 2.47 bits per heavy atom. The van der Waals surface area contributed by atoms with E-state index in [1.165, 1.54) is 12.3 Å². The van der Waals surface area contributed by atoms with E-state index in [4.69, 9.17) is 5.11 Å². The summed E-state index contributed by atoms with van der Waals surface area (Å²) in [5, 5.41) is 33.1. The van der Waals surface area contributed by atoms with Gasteiger partial charge in [-0.2, -0.15) is 0 Å². The molecule has 0 radical (unpaired) electrons. The largest absolute Gasteiger partial charge is 0.595 e. The Kier molecular flexibility index (Phi) is 6.90. The number of nitrogens with zero attached hydrogens (tertiary/aromatic N) is 2. The fourth-order valence-electron chi connectivity index (χ4n) is 0.879. The SMILES string of the molecule is CCCC(O)/C=C/[N+]([O-])=NC(C)C(C)O. The topological polar surface area (TPSA) is 78.9 Å². The summed E-state index contributed by atoms with van der Waals surface area (Å²) in [6.07, 6.45) is 2.77. The minimum absolute atomic E-state index is 0.371. The molecule has 0 aromatic rings. The Balaban J connectivity index is 4.16. The van der Waals surface area contributed by atoms with Crippen molar-refractivity contribution in [3.8, 4) is 0 Å². The van der Waals surface area contributed by atoms with Crippen LogP contribution in [0.15, 0.2) is 17.4 Å². The number of aliphatic hydroxyl groups excluding tert-OH is 2. The van der Waals surface area contributed by atoms with Crippen molar-refractivity contribution in [1.29, 1.82) is 0 Å². The van der Waals surface area contributed by atoms with Crippen molar-refractivity contribution in [3.63, 3.8) is 0 Å². The van der Waals surface area contributed by atoms with Crippen LogP contribution in [0.2, 0.25) is 0 Å². The molecule has 88 valence electrons. The molecule has 0 amide bonds. The Morgan fingerprint density at radius 1 is 1.40 bits per heavy atom. The standard InChI is InChI=1S/C10H20N2O3/c1-4-5-10(14)6-7-12(15)11-8(2)9(3)13/h6-10,13-14H,4-5H2,1-3H3/b7-6+,12-11?. The number of aliphatic hydroxyl groups is 2. The highest BCUT2D eigenvalue weighted by Gasteiger charge is 2.10. The van der Waals surface area contributed by atoms with Crippen LogP contribution in [0.3, 0.4) is 0 Å². The normalized spacial score (nSPS) is 19.1. The number of hydroxylamine groups is 1. The monoisotopic (exact) mass is 216 g/mol. The molecule has 2 N–H and O–H groups in total. The average molecular weight is 216 g/mol. The van der Waals surface area contributed by atoms with E-state index in [2.05, 4.69) is 5.11 Å². The lowest BCUT2D eigenvalue weighted by Gasteiger charge is -2.06. The van der Waals surface area contributed by atoms with Gasteiger partial charge in [0.25, 0.3) is 0 Å². The Hall–Kier alpha value is -0.940. The molecule has 0 bridgehead atoms. The van der Waals surface area contributed by atoms with Gasteiger partial charge in [-0.05, 0) is 25.4 Å². The van der Waals surface area contributed by atoms with Gasteiger partial charge in [-0.15, -0.1) is 0 Å². The molecule has 0 aliphatic heterocycles. The Labute approximate surface area is 90.3 Å². The summed E-state index contributed by atoms with van der Waals surface area (Å²) in [5.74, 6) is 0. The molecule has 15 heavy (non-hydrogen) atoms. The van der Waals surface area contributed by atoms with Crippen molar-refractivity contribution in [2.24, 2.45) is 5.11 Å². The first-order valence-electron chi connectivity index (χ1n) is 5.19. The summed E-state index contributed by atoms with van der Waals surface area (Å²) in [6, 6.07) is -0.449. The van der Waals surface area contributed by atoms with E-state index in [9.17, 15) is 10.3 Å². The molecule has 0 aromatic carbocycles. The van der Waals surface area contributed by atoms with E-state index in [-0.39, 0.29) is 0 Å². The number of rotatable bonds is 6. The second-order valence-corrected chi connectivity index (χ2v) is 3.60. The molecule has 0 saturated carbocycles. The second-order valence-electron chi connectivity index (χ2n) is 3.60. The minimum atomic E-state index is -0.657. The first-order valence-corrected chi connectivity index (χ1v) is 5.19. The van der Waals surface area contributed by atoms with E-state index in [1.807, 2.05) is 6.92 Å². The molecule has 3 unspecified atom stereocenters. The molecule has 0 aliphatic rings. The van der Waals surface area contributed by atoms with Crippen molar-refractivity contribution in [1.82, 2.24) is 0 Å². The van der Waals surface area contributed by atoms with Crippen LogP contribution < -0.4 is 0 Å². The molecule has 0 aromatic heterocycles. The lowest BCUT2D eigenvalue weighted by Crippen LogP contribution is -2.18. The van der Waals surface area contributed by atoms with Crippen LogP contribution in [0.25, 0.3) is 0 Å². The molecule has 0 spiro atoms. The maximum absolute atomic E-state index is 11.1. The molecule has 0 saturated heterocycles. The van der Waals surface area contributed by atoms with Gasteiger partial charge in [-0.25, -0.2) is 0 Å². The fourth-order valence-corrected chi connectivity index (χ4v) is 0.879. The molecular weight excluding hydrogens is 196 g/mol. The number of hydrogen-bond acceptors (Lipinski definition) is 4. The third-order valence-corrected chi connectivity index (χ3v) is 2.01. The first-order chi connectivity index (χ1) is 6.97. The van der Waals surface area contributed by atoms with Crippen LogP contribution in [0.1, 0.15) is 33.6 Å². The summed E-state index contributed by atoms with van der Waals surface area (Å²) in [7, 11) is 0. The molecule has 3 atom stereocenters. The van der Waals surface area contributed by atoms with Crippen molar-refractivity contribution >= 4 is 0 Å². The first kappa shape index (κ1) is 14.1. The van der Waals surface area contributed by atoms with Crippen LogP contribution in [0.4, 0.5) is 0 Å². The van der Waals surface area contributed by atoms with E-state index in [0.717, 1.165) is 6.42 Å². The summed E-state index contributed by atoms with van der Waals surface area (Å²) in [6.45, 7) is 5.16. The van der Waals surface area contributed by atoms with Crippen molar-refractivity contribution in [2.75, 3.05) is 0 Å². The summed E-state index contributed by atoms with van der Waals surface area (Å²) < 4.78 is 0. The minimum Gasteiger partial charge on any atom is -0.595 e. The summed E-state index contributed by atoms with van der Waals surface area (Å²) in [4.78, 5) is 0.371. The van der Waals surface area contributed by atoms with Crippen molar-refractivity contribution in [3.05, 3.63) is 17.5 Å². The molecule has 5 nitrogen and oxygen atoms in total. The number of hydrogen-bond donors (Lipinski definition) is 2. The third kappa shape index (κ3) is 7.04. The highest BCUT2D eigenvalue weighted by atomic mass is 16.5. The van der Waals surface area contributed by atoms with Crippen LogP contribution in [0, 0.1) is 5.21 Å². The van der Waals surface area contributed by atoms with Gasteiger partial charge < -0.3 is 15.4 Å². The van der Waals surface area contributed by atoms with Gasteiger partial charge in [-0.1, -0.05) is 18.2 Å². The van der Waals surface area contributed by atoms with Gasteiger partial charge in [0, 0.05) is 6.08 Å². The van der Waals surface area contributed by atoms with E-state index in [0.29, 0.717) is 11.3 Å². The highest BCUT2D eigenvalue weighted by molar-refractivity contribution is 4.81. The zero-order valence-electron chi connectivity index (χ0n) is 9.50. The van der Waals surface area contributed by atoms with Crippen molar-refractivity contribution < 1.29 is 15.1 Å². The van der Waals surface area contributed by atoms with E-state index < -0.39 is 18.2 Å². The Morgan fingerprint density at radius 2 is 2.00 bits per heavy atom. The van der Waals surface area contributed by atoms with E-state index >= 15 is 0 Å². The molecule has 0 fully saturated rings. The Bertz CT molecular complexity index is 227. The van der Waals surface area contributed by atoms with Gasteiger partial charge >= 0.3 is 0 Å². The van der Waals surface area contributed by atoms with Gasteiger partial charge in [0.2, 0.25) is 6.20 Å². The highest BCUT2D eigenvalue weighted by Crippen LogP contribution is 2.00. The maximum Gasteiger partial charge on any atom is 0.208 e. The smallest absolute Gasteiger partial charge is 0.208 e. The van der Waals surface area contributed by atoms with Gasteiger partial charge in [0.05, 0.1) is 12.2 Å². The van der Waals surface area contributed by atoms with Crippen LogP contribution in [-0.4, -0.2) is 33.3 Å². The van der Waals surface area contributed by atoms with Crippen molar-refractivity contribution in [2.45, 2.75) is 51.9 Å². The lowest BCUT2D eigenvalue weighted by molar-refractivity contribution is -0.463. The second kappa shape index (κ2) is 7.36. The molecule has 5 heteroatoms. The molecular formula is C10H20N2O3. The molecule has 0 heterocycles. The maximum atomic E-state index is 11.1. The predicted octanol–water partition coefficient (Wildman–Crippen LogP) is 1.39. The average Bonchev–Trinajstić information content (AvgIpc) is 2.15. The lowest BCUT2D eigenvalue weighted by atomic mass is 10.2. The number of azo groups is 1. The summed E-state index contributed by atoms with van der Waals surface area (Å²) in [5.41, 5.74) is 0. The third-order valence-electron chi connectivity index (χ3n) is 2.01. The van der Waals surface area contributed by atoms with Gasteiger partial charge in [0.1, 0.15) is 6.04 Å². The zero-order chi connectivity index (χ0) is 11.8.